The van der Waals surface area contributed by atoms with E-state index in [-0.39, 0.29) is 24.3 Å². The average Bonchev–Trinajstić information content (AvgIpc) is 3.65. The predicted octanol–water partition coefficient (Wildman–Crippen LogP) is 0.919. The molecule has 4 N–H and O–H groups in total. The van der Waals surface area contributed by atoms with Gasteiger partial charge in [0, 0.05) is 5.92 Å². The van der Waals surface area contributed by atoms with Crippen molar-refractivity contribution in [3.63, 3.8) is 0 Å². The van der Waals surface area contributed by atoms with Gasteiger partial charge in [-0.05, 0) is 55.2 Å². The quantitative estimate of drug-likeness (QED) is 0.302. The fourth-order valence-corrected chi connectivity index (χ4v) is 4.52. The van der Waals surface area contributed by atoms with Crippen LogP contribution in [0.15, 0.2) is 18.2 Å². The zero-order valence-corrected chi connectivity index (χ0v) is 20.8. The van der Waals surface area contributed by atoms with Crippen molar-refractivity contribution in [1.82, 2.24) is 10.6 Å². The van der Waals surface area contributed by atoms with Crippen molar-refractivity contribution in [2.24, 2.45) is 11.8 Å². The Bertz CT molecular complexity index is 913. The molecule has 3 rings (SSSR count). The average molecular weight is 491 g/mol. The summed E-state index contributed by atoms with van der Waals surface area (Å²) in [7, 11) is 0. The van der Waals surface area contributed by atoms with E-state index >= 15 is 0 Å². The van der Waals surface area contributed by atoms with Crippen molar-refractivity contribution in [2.45, 2.75) is 70.6 Å². The van der Waals surface area contributed by atoms with Gasteiger partial charge >= 0.3 is 0 Å². The van der Waals surface area contributed by atoms with Gasteiger partial charge in [-0.1, -0.05) is 32.9 Å². The van der Waals surface area contributed by atoms with Gasteiger partial charge in [0.05, 0.1) is 32.5 Å². The first-order chi connectivity index (χ1) is 16.7. The maximum absolute atomic E-state index is 13.0. The molecule has 3 unspecified atom stereocenters. The third-order valence-corrected chi connectivity index (χ3v) is 6.62. The Morgan fingerprint density at radius 3 is 2.54 bits per heavy atom. The second-order valence-corrected chi connectivity index (χ2v) is 9.92. The van der Waals surface area contributed by atoms with Crippen LogP contribution in [0.1, 0.15) is 51.2 Å². The van der Waals surface area contributed by atoms with E-state index in [1.54, 1.807) is 0 Å². The van der Waals surface area contributed by atoms with Crippen LogP contribution >= 0.6 is 0 Å². The molecule has 1 fully saturated rings. The highest BCUT2D eigenvalue weighted by atomic mass is 16.6. The summed E-state index contributed by atoms with van der Waals surface area (Å²) in [6.45, 7) is 5.58. The Morgan fingerprint density at radius 1 is 1.20 bits per heavy atom. The van der Waals surface area contributed by atoms with E-state index < -0.39 is 42.6 Å². The molecule has 2 amide bonds. The second-order valence-electron chi connectivity index (χ2n) is 9.92. The lowest BCUT2D eigenvalue weighted by atomic mass is 9.83. The first-order valence-corrected chi connectivity index (χ1v) is 12.5. The molecule has 194 valence electrons. The van der Waals surface area contributed by atoms with Crippen LogP contribution in [0.25, 0.3) is 0 Å². The first kappa shape index (κ1) is 27.1. The number of hydrogen-bond donors (Lipinski definition) is 4. The maximum atomic E-state index is 13.0. The standard InChI is InChI=1S/C26H38N2O7/c1-4-10-34-22-7-5-6-17-12-18(8-9-19(17)22)24(32)28-21(13-29)25(33)27-20(11-16(2)3)23(31)26(14-30)15-35-26/h5-7,16,18,20-21,29-30H,4,8-15H2,1-3H3,(H,27,33)(H,28,32)/t18?,20?,21-,26?/m0/s1. The molecule has 35 heavy (non-hydrogen) atoms. The molecule has 2 aliphatic rings. The van der Waals surface area contributed by atoms with Crippen LogP contribution in [0.2, 0.25) is 0 Å². The normalized spacial score (nSPS) is 22.6. The minimum atomic E-state index is -1.26. The summed E-state index contributed by atoms with van der Waals surface area (Å²) in [4.78, 5) is 38.8. The summed E-state index contributed by atoms with van der Waals surface area (Å²) in [5.74, 6) is -0.730. The third kappa shape index (κ3) is 6.59. The Labute approximate surface area is 206 Å². The summed E-state index contributed by atoms with van der Waals surface area (Å²) in [5, 5.41) is 24.7. The number of fused-ring (bicyclic) bond motifs is 1. The number of ether oxygens (including phenoxy) is 2. The van der Waals surface area contributed by atoms with Gasteiger partial charge in [-0.15, -0.1) is 0 Å². The highest BCUT2D eigenvalue weighted by Crippen LogP contribution is 2.33. The van der Waals surface area contributed by atoms with Crippen LogP contribution in [0.3, 0.4) is 0 Å². The fourth-order valence-electron chi connectivity index (χ4n) is 4.52. The van der Waals surface area contributed by atoms with Crippen LogP contribution < -0.4 is 15.4 Å². The number of carbonyl (C=O) groups is 3. The zero-order valence-electron chi connectivity index (χ0n) is 20.8. The van der Waals surface area contributed by atoms with Gasteiger partial charge in [-0.2, -0.15) is 0 Å². The topological polar surface area (TPSA) is 137 Å². The number of benzene rings is 1. The number of hydrogen-bond acceptors (Lipinski definition) is 7. The molecular formula is C26H38N2O7. The van der Waals surface area contributed by atoms with Crippen molar-refractivity contribution in [1.29, 1.82) is 0 Å². The number of ketones is 1. The van der Waals surface area contributed by atoms with Gasteiger partial charge < -0.3 is 30.3 Å². The molecule has 9 nitrogen and oxygen atoms in total. The molecule has 0 saturated carbocycles. The lowest BCUT2D eigenvalue weighted by molar-refractivity contribution is -0.135. The van der Waals surface area contributed by atoms with E-state index in [4.69, 9.17) is 9.47 Å². The van der Waals surface area contributed by atoms with Crippen molar-refractivity contribution < 1.29 is 34.1 Å². The number of aliphatic hydroxyl groups excluding tert-OH is 2. The number of carbonyl (C=O) groups excluding carboxylic acids is 3. The van der Waals surface area contributed by atoms with Gasteiger partial charge in [0.1, 0.15) is 11.8 Å². The lowest BCUT2D eigenvalue weighted by Crippen LogP contribution is -2.56. The summed E-state index contributed by atoms with van der Waals surface area (Å²) in [5.41, 5.74) is 0.910. The molecule has 0 bridgehead atoms. The molecular weight excluding hydrogens is 452 g/mol. The van der Waals surface area contributed by atoms with Gasteiger partial charge in [-0.3, -0.25) is 14.4 Å². The maximum Gasteiger partial charge on any atom is 0.245 e. The number of rotatable bonds is 13. The smallest absolute Gasteiger partial charge is 0.245 e. The van der Waals surface area contributed by atoms with E-state index in [1.807, 2.05) is 32.0 Å². The van der Waals surface area contributed by atoms with Crippen molar-refractivity contribution in [2.75, 3.05) is 26.4 Å². The van der Waals surface area contributed by atoms with Gasteiger partial charge in [-0.25, -0.2) is 0 Å². The molecule has 4 atom stereocenters. The largest absolute Gasteiger partial charge is 0.493 e. The van der Waals surface area contributed by atoms with Crippen LogP contribution in [0.4, 0.5) is 0 Å². The molecule has 1 saturated heterocycles. The summed E-state index contributed by atoms with van der Waals surface area (Å²) < 4.78 is 11.0. The summed E-state index contributed by atoms with van der Waals surface area (Å²) in [6.07, 6.45) is 3.09. The van der Waals surface area contributed by atoms with Crippen LogP contribution in [-0.2, 0) is 32.0 Å². The monoisotopic (exact) mass is 490 g/mol. The Kier molecular flexibility index (Phi) is 9.27. The molecule has 1 aromatic rings. The molecule has 0 spiro atoms. The first-order valence-electron chi connectivity index (χ1n) is 12.5. The Hall–Kier alpha value is -2.49. The molecule has 1 heterocycles. The molecule has 0 aromatic heterocycles. The van der Waals surface area contributed by atoms with Crippen LogP contribution in [-0.4, -0.2) is 71.9 Å². The predicted molar refractivity (Wildman–Crippen MR) is 129 cm³/mol. The number of amides is 2. The third-order valence-electron chi connectivity index (χ3n) is 6.62. The minimum Gasteiger partial charge on any atom is -0.493 e. The Morgan fingerprint density at radius 2 is 1.94 bits per heavy atom. The summed E-state index contributed by atoms with van der Waals surface area (Å²) >= 11 is 0. The van der Waals surface area contributed by atoms with Crippen LogP contribution in [0.5, 0.6) is 5.75 Å². The number of aliphatic hydroxyl groups is 2. The van der Waals surface area contributed by atoms with Crippen molar-refractivity contribution in [3.05, 3.63) is 29.3 Å². The number of nitrogens with one attached hydrogen (secondary N) is 2. The molecule has 1 aliphatic heterocycles. The van der Waals surface area contributed by atoms with Gasteiger partial charge in [0.25, 0.3) is 0 Å². The van der Waals surface area contributed by atoms with E-state index in [9.17, 15) is 24.6 Å². The van der Waals surface area contributed by atoms with Crippen LogP contribution in [0, 0.1) is 11.8 Å². The second kappa shape index (κ2) is 12.0. The molecule has 1 aliphatic carbocycles. The summed E-state index contributed by atoms with van der Waals surface area (Å²) in [6, 6.07) is 3.79. The minimum absolute atomic E-state index is 0.0921. The molecule has 9 heteroatoms. The number of Topliss-reactive ketones (excluding diaryl/α,β-unsaturated/α-hetero) is 1. The highest BCUT2D eigenvalue weighted by molar-refractivity contribution is 5.98. The van der Waals surface area contributed by atoms with E-state index in [0.717, 1.165) is 23.3 Å². The van der Waals surface area contributed by atoms with E-state index in [2.05, 4.69) is 17.6 Å². The highest BCUT2D eigenvalue weighted by Gasteiger charge is 2.54. The van der Waals surface area contributed by atoms with E-state index in [0.29, 0.717) is 32.3 Å². The van der Waals surface area contributed by atoms with Crippen molar-refractivity contribution >= 4 is 17.6 Å². The number of epoxide rings is 1. The fraction of sp³-hybridized carbons (Fsp3) is 0.654. The molecule has 0 radical (unpaired) electrons. The zero-order chi connectivity index (χ0) is 25.6. The van der Waals surface area contributed by atoms with Crippen molar-refractivity contribution in [3.8, 4) is 5.75 Å². The van der Waals surface area contributed by atoms with E-state index in [1.165, 1.54) is 0 Å². The lowest BCUT2D eigenvalue weighted by Gasteiger charge is -2.28. The SMILES string of the molecule is CCCOc1cccc2c1CCC(C(=O)N[C@@H](CO)C(=O)NC(CC(C)C)C(=O)C1(CO)CO1)C2. The van der Waals surface area contributed by atoms with Gasteiger partial charge in [0.2, 0.25) is 11.8 Å². The van der Waals surface area contributed by atoms with Gasteiger partial charge in [0.15, 0.2) is 11.4 Å². The Balaban J connectivity index is 1.62. The molecule has 1 aromatic carbocycles.